The van der Waals surface area contributed by atoms with Gasteiger partial charge in [-0.25, -0.2) is 13.2 Å². The van der Waals surface area contributed by atoms with Crippen molar-refractivity contribution in [1.82, 2.24) is 0 Å². The van der Waals surface area contributed by atoms with E-state index in [9.17, 15) is 18.0 Å². The first-order valence-corrected chi connectivity index (χ1v) is 10.3. The topological polar surface area (TPSA) is 110 Å². The van der Waals surface area contributed by atoms with Crippen LogP contribution in [-0.4, -0.2) is 25.5 Å². The van der Waals surface area contributed by atoms with E-state index >= 15 is 0 Å². The van der Waals surface area contributed by atoms with Crippen molar-refractivity contribution in [3.8, 4) is 15.5 Å². The minimum atomic E-state index is -4.01. The molecule has 144 valence electrons. The molecule has 1 heterocycles. The van der Waals surface area contributed by atoms with E-state index in [1.807, 2.05) is 30.3 Å². The predicted octanol–water partition coefficient (Wildman–Crippen LogP) is 4.48. The van der Waals surface area contributed by atoms with E-state index in [0.717, 1.165) is 16.9 Å². The van der Waals surface area contributed by atoms with Gasteiger partial charge in [0, 0.05) is 10.4 Å². The van der Waals surface area contributed by atoms with Gasteiger partial charge in [0.1, 0.15) is 5.69 Å². The zero-order valence-electron chi connectivity index (χ0n) is 14.6. The number of nitrogens with one attached hydrogen (secondary N) is 1. The lowest BCUT2D eigenvalue weighted by molar-refractivity contribution is 0.101. The van der Waals surface area contributed by atoms with E-state index in [1.165, 1.54) is 37.3 Å². The second-order valence-electron chi connectivity index (χ2n) is 5.73. The van der Waals surface area contributed by atoms with Crippen molar-refractivity contribution in [3.05, 3.63) is 66.2 Å². The summed E-state index contributed by atoms with van der Waals surface area (Å²) in [6.45, 7) is 1.38. The molecule has 0 bridgehead atoms. The van der Waals surface area contributed by atoms with E-state index in [1.54, 1.807) is 0 Å². The van der Waals surface area contributed by atoms with Crippen molar-refractivity contribution in [1.29, 1.82) is 0 Å². The van der Waals surface area contributed by atoms with Crippen molar-refractivity contribution in [2.24, 2.45) is 0 Å². The smallest absolute Gasteiger partial charge is 0.449 e. The molecule has 2 aromatic carbocycles. The van der Waals surface area contributed by atoms with Crippen LogP contribution in [0.4, 0.5) is 10.5 Å². The minimum Gasteiger partial charge on any atom is -0.449 e. The van der Waals surface area contributed by atoms with Crippen molar-refractivity contribution >= 4 is 39.0 Å². The van der Waals surface area contributed by atoms with Gasteiger partial charge in [-0.05, 0) is 30.7 Å². The molecule has 0 amide bonds. The van der Waals surface area contributed by atoms with E-state index in [2.05, 4.69) is 4.72 Å². The molecule has 3 rings (SSSR count). The Kier molecular flexibility index (Phi) is 5.48. The number of ether oxygens (including phenoxy) is 1. The Morgan fingerprint density at radius 3 is 2.25 bits per heavy atom. The molecule has 0 saturated heterocycles. The van der Waals surface area contributed by atoms with Crippen LogP contribution in [0, 0.1) is 0 Å². The second-order valence-corrected chi connectivity index (χ2v) is 8.43. The van der Waals surface area contributed by atoms with Crippen LogP contribution in [0.2, 0.25) is 0 Å². The number of hydrogen-bond donors (Lipinski definition) is 2. The molecule has 0 radical (unpaired) electrons. The molecule has 3 aromatic rings. The van der Waals surface area contributed by atoms with Crippen LogP contribution in [0.3, 0.4) is 0 Å². The van der Waals surface area contributed by atoms with Crippen LogP contribution >= 0.6 is 11.3 Å². The summed E-state index contributed by atoms with van der Waals surface area (Å²) >= 11 is 1.01. The summed E-state index contributed by atoms with van der Waals surface area (Å²) in [6, 6.07) is 16.0. The molecular formula is C19H15NO6S2. The molecule has 0 spiro atoms. The maximum absolute atomic E-state index is 12.7. The van der Waals surface area contributed by atoms with E-state index in [-0.39, 0.29) is 21.4 Å². The van der Waals surface area contributed by atoms with Gasteiger partial charge in [-0.3, -0.25) is 9.52 Å². The number of sulfonamides is 1. The number of rotatable bonds is 6. The van der Waals surface area contributed by atoms with Gasteiger partial charge in [-0.15, -0.1) is 0 Å². The summed E-state index contributed by atoms with van der Waals surface area (Å²) in [7, 11) is -4.01. The van der Waals surface area contributed by atoms with Crippen molar-refractivity contribution in [3.63, 3.8) is 0 Å². The van der Waals surface area contributed by atoms with E-state index < -0.39 is 16.2 Å². The number of Topliss-reactive ketones (excluding diaryl/α,β-unsaturated/α-hetero) is 1. The molecular weight excluding hydrogens is 402 g/mol. The Bertz CT molecular complexity index is 1120. The Morgan fingerprint density at radius 2 is 1.68 bits per heavy atom. The SMILES string of the molecule is CC(=O)c1ccc(S(=O)(=O)Nc2cc(-c3ccccc3)sc2OC(=O)O)cc1. The summed E-state index contributed by atoms with van der Waals surface area (Å²) in [6.07, 6.45) is -1.55. The number of carbonyl (C=O) groups is 2. The molecule has 1 aromatic heterocycles. The van der Waals surface area contributed by atoms with Gasteiger partial charge in [0.15, 0.2) is 5.78 Å². The fourth-order valence-corrected chi connectivity index (χ4v) is 4.50. The molecule has 0 atom stereocenters. The van der Waals surface area contributed by atoms with Gasteiger partial charge in [0.05, 0.1) is 4.90 Å². The highest BCUT2D eigenvalue weighted by Crippen LogP contribution is 2.41. The Balaban J connectivity index is 1.96. The molecule has 0 fully saturated rings. The number of thiophene rings is 1. The summed E-state index contributed by atoms with van der Waals surface area (Å²) in [4.78, 5) is 22.9. The first-order valence-electron chi connectivity index (χ1n) is 8.00. The molecule has 7 nitrogen and oxygen atoms in total. The molecule has 0 aliphatic rings. The highest BCUT2D eigenvalue weighted by Gasteiger charge is 2.21. The Morgan fingerprint density at radius 1 is 1.04 bits per heavy atom. The number of ketones is 1. The van der Waals surface area contributed by atoms with Gasteiger partial charge in [-0.1, -0.05) is 53.8 Å². The van der Waals surface area contributed by atoms with Crippen LogP contribution < -0.4 is 9.46 Å². The lowest BCUT2D eigenvalue weighted by Crippen LogP contribution is -2.14. The van der Waals surface area contributed by atoms with Gasteiger partial charge in [0.2, 0.25) is 5.06 Å². The summed E-state index contributed by atoms with van der Waals surface area (Å²) < 4.78 is 32.4. The normalized spacial score (nSPS) is 11.0. The third kappa shape index (κ3) is 4.38. The Labute approximate surface area is 165 Å². The zero-order chi connectivity index (χ0) is 20.3. The quantitative estimate of drug-likeness (QED) is 0.452. The Hall–Kier alpha value is -3.17. The largest absolute Gasteiger partial charge is 0.512 e. The number of benzene rings is 2. The molecule has 28 heavy (non-hydrogen) atoms. The fourth-order valence-electron chi connectivity index (χ4n) is 2.42. The first kappa shape index (κ1) is 19.6. The highest BCUT2D eigenvalue weighted by atomic mass is 32.2. The zero-order valence-corrected chi connectivity index (χ0v) is 16.2. The van der Waals surface area contributed by atoms with Crippen LogP contribution in [0.15, 0.2) is 65.6 Å². The summed E-state index contributed by atoms with van der Waals surface area (Å²) in [5, 5.41) is 8.86. The predicted molar refractivity (Wildman–Crippen MR) is 106 cm³/mol. The van der Waals surface area contributed by atoms with E-state index in [0.29, 0.717) is 10.4 Å². The summed E-state index contributed by atoms with van der Waals surface area (Å²) in [5.74, 6) is -0.181. The number of hydrogen-bond acceptors (Lipinski definition) is 6. The maximum Gasteiger partial charge on any atom is 0.512 e. The molecule has 9 heteroatoms. The third-order valence-corrected chi connectivity index (χ3v) is 6.20. The van der Waals surface area contributed by atoms with Crippen LogP contribution in [0.5, 0.6) is 5.06 Å². The second kappa shape index (κ2) is 7.83. The summed E-state index contributed by atoms with van der Waals surface area (Å²) in [5.41, 5.74) is 1.19. The number of anilines is 1. The lowest BCUT2D eigenvalue weighted by Gasteiger charge is -2.08. The van der Waals surface area contributed by atoms with E-state index in [4.69, 9.17) is 9.84 Å². The molecule has 0 unspecified atom stereocenters. The van der Waals surface area contributed by atoms with Crippen molar-refractivity contribution in [2.75, 3.05) is 4.72 Å². The van der Waals surface area contributed by atoms with Crippen LogP contribution in [0.1, 0.15) is 17.3 Å². The lowest BCUT2D eigenvalue weighted by atomic mass is 10.2. The fraction of sp³-hybridized carbons (Fsp3) is 0.0526. The molecule has 0 aliphatic heterocycles. The van der Waals surface area contributed by atoms with Gasteiger partial charge >= 0.3 is 6.16 Å². The van der Waals surface area contributed by atoms with Crippen LogP contribution in [0.25, 0.3) is 10.4 Å². The molecule has 2 N–H and O–H groups in total. The third-order valence-electron chi connectivity index (χ3n) is 3.75. The average Bonchev–Trinajstić information content (AvgIpc) is 3.03. The van der Waals surface area contributed by atoms with Crippen LogP contribution in [-0.2, 0) is 10.0 Å². The maximum atomic E-state index is 12.7. The monoisotopic (exact) mass is 417 g/mol. The molecule has 0 saturated carbocycles. The number of carboxylic acid groups (broad SMARTS) is 1. The minimum absolute atomic E-state index is 0.0156. The van der Waals surface area contributed by atoms with Gasteiger partial charge < -0.3 is 9.84 Å². The van der Waals surface area contributed by atoms with Gasteiger partial charge in [-0.2, -0.15) is 0 Å². The van der Waals surface area contributed by atoms with Crippen molar-refractivity contribution < 1.29 is 27.9 Å². The first-order chi connectivity index (χ1) is 13.3. The number of carbonyl (C=O) groups excluding carboxylic acids is 1. The van der Waals surface area contributed by atoms with Gasteiger partial charge in [0.25, 0.3) is 10.0 Å². The standard InChI is InChI=1S/C19H15NO6S2/c1-12(21)13-7-9-15(10-8-13)28(24,25)20-16-11-17(14-5-3-2-4-6-14)27-18(16)26-19(22)23/h2-11,20H,1H3,(H,22,23). The highest BCUT2D eigenvalue weighted by molar-refractivity contribution is 7.92. The molecule has 0 aliphatic carbocycles. The average molecular weight is 417 g/mol. The van der Waals surface area contributed by atoms with Crippen molar-refractivity contribution in [2.45, 2.75) is 11.8 Å².